The molecule has 10 rings (SSSR count). The number of hydrogen-bond acceptors (Lipinski definition) is 1. The highest BCUT2D eigenvalue weighted by molar-refractivity contribution is 7.20. The molecule has 2 aromatic heterocycles. The Kier molecular flexibility index (Phi) is 6.86. The van der Waals surface area contributed by atoms with Crippen LogP contribution in [0, 0.1) is 0 Å². The van der Waals surface area contributed by atoms with E-state index in [9.17, 15) is 0 Å². The van der Waals surface area contributed by atoms with Crippen LogP contribution < -0.4 is 20.7 Å². The summed E-state index contributed by atoms with van der Waals surface area (Å²) in [7, 11) is -2.81. The smallest absolute Gasteiger partial charge is 0.179 e. The Morgan fingerprint density at radius 2 is 0.922 bits per heavy atom. The molecular weight excluding hydrogens is 635 g/mol. The zero-order chi connectivity index (χ0) is 33.8. The maximum atomic E-state index is 6.27. The number of para-hydroxylation sites is 3. The third-order valence-corrected chi connectivity index (χ3v) is 15.3. The molecule has 10 aromatic rings. The lowest BCUT2D eigenvalue weighted by molar-refractivity contribution is 0.669. The Hall–Kier alpha value is -6.42. The van der Waals surface area contributed by atoms with Crippen molar-refractivity contribution in [2.75, 3.05) is 0 Å². The molecular formula is C48H33NOSi. The van der Waals surface area contributed by atoms with Gasteiger partial charge < -0.3 is 8.98 Å². The van der Waals surface area contributed by atoms with Crippen LogP contribution in [0.4, 0.5) is 0 Å². The molecule has 0 aliphatic heterocycles. The van der Waals surface area contributed by atoms with Crippen molar-refractivity contribution in [2.24, 2.45) is 0 Å². The van der Waals surface area contributed by atoms with E-state index in [2.05, 4.69) is 199 Å². The molecule has 0 N–H and O–H groups in total. The van der Waals surface area contributed by atoms with Crippen LogP contribution in [0.3, 0.4) is 0 Å². The largest absolute Gasteiger partial charge is 0.456 e. The van der Waals surface area contributed by atoms with Gasteiger partial charge in [0.25, 0.3) is 0 Å². The monoisotopic (exact) mass is 667 g/mol. The zero-order valence-electron chi connectivity index (χ0n) is 27.9. The standard InChI is InChI=1S/C48H33NOSi/c1-4-15-35(16-5-1)49-44-24-12-10-21-41(44)43-33-39(31-32-45(43)49)51(36-17-6-2-7-18-36,37-19-8-3-9-20-37)38-29-27-34(28-30-38)40-23-14-26-47-48(40)42-22-11-13-25-46(42)50-47/h1-33H. The lowest BCUT2D eigenvalue weighted by atomic mass is 9.99. The van der Waals surface area contributed by atoms with E-state index in [4.69, 9.17) is 4.42 Å². The summed E-state index contributed by atoms with van der Waals surface area (Å²) in [5.41, 5.74) is 7.80. The van der Waals surface area contributed by atoms with Crippen molar-refractivity contribution in [3.63, 3.8) is 0 Å². The highest BCUT2D eigenvalue weighted by Crippen LogP contribution is 2.37. The van der Waals surface area contributed by atoms with Gasteiger partial charge in [-0.25, -0.2) is 0 Å². The van der Waals surface area contributed by atoms with E-state index < -0.39 is 8.07 Å². The van der Waals surface area contributed by atoms with Crippen LogP contribution in [0.1, 0.15) is 0 Å². The SMILES string of the molecule is c1ccc(-n2c3ccccc3c3cc([Si](c4ccccc4)(c4ccccc4)c4ccc(-c5cccc6oc7ccccc7c56)cc4)ccc32)cc1. The van der Waals surface area contributed by atoms with E-state index in [1.807, 2.05) is 6.07 Å². The van der Waals surface area contributed by atoms with Gasteiger partial charge in [-0.05, 0) is 68.3 Å². The van der Waals surface area contributed by atoms with Crippen molar-refractivity contribution < 1.29 is 4.42 Å². The van der Waals surface area contributed by atoms with Crippen LogP contribution in [0.5, 0.6) is 0 Å². The molecule has 8 aromatic carbocycles. The summed E-state index contributed by atoms with van der Waals surface area (Å²) in [5.74, 6) is 0. The first-order valence-electron chi connectivity index (χ1n) is 17.5. The molecule has 0 fully saturated rings. The van der Waals surface area contributed by atoms with Gasteiger partial charge in [0.05, 0.1) is 11.0 Å². The van der Waals surface area contributed by atoms with Crippen molar-refractivity contribution >= 4 is 72.6 Å². The van der Waals surface area contributed by atoms with Gasteiger partial charge in [0, 0.05) is 27.2 Å². The Balaban J connectivity index is 1.24. The average molecular weight is 668 g/mol. The van der Waals surface area contributed by atoms with E-state index in [0.717, 1.165) is 21.9 Å². The molecule has 0 aliphatic rings. The fourth-order valence-corrected chi connectivity index (χ4v) is 13.1. The summed E-state index contributed by atoms with van der Waals surface area (Å²) in [6.45, 7) is 0. The first kappa shape index (κ1) is 29.5. The molecule has 0 bridgehead atoms. The van der Waals surface area contributed by atoms with Crippen LogP contribution in [-0.2, 0) is 0 Å². The number of rotatable bonds is 6. The molecule has 0 amide bonds. The van der Waals surface area contributed by atoms with Crippen molar-refractivity contribution in [2.45, 2.75) is 0 Å². The molecule has 2 nitrogen and oxygen atoms in total. The number of furan rings is 1. The van der Waals surface area contributed by atoms with Crippen LogP contribution in [0.15, 0.2) is 205 Å². The average Bonchev–Trinajstić information content (AvgIpc) is 3.76. The van der Waals surface area contributed by atoms with Crippen LogP contribution in [-0.4, -0.2) is 12.6 Å². The quantitative estimate of drug-likeness (QED) is 0.128. The zero-order valence-corrected chi connectivity index (χ0v) is 28.9. The van der Waals surface area contributed by atoms with Crippen LogP contribution in [0.25, 0.3) is 60.6 Å². The molecule has 0 aliphatic carbocycles. The van der Waals surface area contributed by atoms with Crippen LogP contribution in [0.2, 0.25) is 0 Å². The molecule has 51 heavy (non-hydrogen) atoms. The molecule has 2 heterocycles. The molecule has 3 heteroatoms. The molecule has 0 saturated carbocycles. The Bertz CT molecular complexity index is 2800. The summed E-state index contributed by atoms with van der Waals surface area (Å²) >= 11 is 0. The van der Waals surface area contributed by atoms with Crippen molar-refractivity contribution in [1.82, 2.24) is 4.57 Å². The van der Waals surface area contributed by atoms with Gasteiger partial charge in [-0.2, -0.15) is 0 Å². The second kappa shape index (κ2) is 11.9. The maximum absolute atomic E-state index is 6.27. The predicted molar refractivity (Wildman–Crippen MR) is 217 cm³/mol. The van der Waals surface area contributed by atoms with Gasteiger partial charge in [-0.1, -0.05) is 164 Å². The Morgan fingerprint density at radius 1 is 0.373 bits per heavy atom. The van der Waals surface area contributed by atoms with Gasteiger partial charge in [0.15, 0.2) is 8.07 Å². The Labute approximate surface area is 297 Å². The lowest BCUT2D eigenvalue weighted by Crippen LogP contribution is -2.74. The molecule has 0 spiro atoms. The number of hydrogen-bond donors (Lipinski definition) is 0. The van der Waals surface area contributed by atoms with E-state index >= 15 is 0 Å². The minimum Gasteiger partial charge on any atom is -0.456 e. The summed E-state index contributed by atoms with van der Waals surface area (Å²) in [6, 6.07) is 73.3. The molecule has 0 atom stereocenters. The normalized spacial score (nSPS) is 11.9. The molecule has 0 unspecified atom stereocenters. The van der Waals surface area contributed by atoms with Gasteiger partial charge in [0.2, 0.25) is 0 Å². The maximum Gasteiger partial charge on any atom is 0.179 e. The molecule has 0 saturated heterocycles. The van der Waals surface area contributed by atoms with E-state index in [1.54, 1.807) is 0 Å². The molecule has 0 radical (unpaired) electrons. The molecule has 240 valence electrons. The summed E-state index contributed by atoms with van der Waals surface area (Å²) in [5, 5.41) is 10.3. The summed E-state index contributed by atoms with van der Waals surface area (Å²) in [4.78, 5) is 0. The second-order valence-corrected chi connectivity index (χ2v) is 17.1. The third-order valence-electron chi connectivity index (χ3n) is 10.6. The minimum absolute atomic E-state index is 0.915. The second-order valence-electron chi connectivity index (χ2n) is 13.3. The van der Waals surface area contributed by atoms with Gasteiger partial charge in [-0.3, -0.25) is 0 Å². The van der Waals surface area contributed by atoms with Crippen LogP contribution >= 0.6 is 0 Å². The highest BCUT2D eigenvalue weighted by atomic mass is 28.3. The predicted octanol–water partition coefficient (Wildman–Crippen LogP) is 9.73. The summed E-state index contributed by atoms with van der Waals surface area (Å²) < 4.78 is 8.67. The van der Waals surface area contributed by atoms with E-state index in [0.29, 0.717) is 0 Å². The fraction of sp³-hybridized carbons (Fsp3) is 0. The number of nitrogens with zero attached hydrogens (tertiary/aromatic N) is 1. The van der Waals surface area contributed by atoms with Crippen molar-refractivity contribution in [3.05, 3.63) is 200 Å². The minimum atomic E-state index is -2.81. The van der Waals surface area contributed by atoms with Crippen molar-refractivity contribution in [1.29, 1.82) is 0 Å². The van der Waals surface area contributed by atoms with Gasteiger partial charge in [-0.15, -0.1) is 0 Å². The Morgan fingerprint density at radius 3 is 1.65 bits per heavy atom. The fourth-order valence-electron chi connectivity index (χ4n) is 8.35. The van der Waals surface area contributed by atoms with Gasteiger partial charge >= 0.3 is 0 Å². The number of aromatic nitrogens is 1. The first-order valence-corrected chi connectivity index (χ1v) is 19.5. The lowest BCUT2D eigenvalue weighted by Gasteiger charge is -2.34. The van der Waals surface area contributed by atoms with Crippen molar-refractivity contribution in [3.8, 4) is 16.8 Å². The topological polar surface area (TPSA) is 18.1 Å². The van der Waals surface area contributed by atoms with Gasteiger partial charge in [0.1, 0.15) is 11.2 Å². The van der Waals surface area contributed by atoms with E-state index in [-0.39, 0.29) is 0 Å². The first-order chi connectivity index (χ1) is 25.3. The highest BCUT2D eigenvalue weighted by Gasteiger charge is 2.41. The summed E-state index contributed by atoms with van der Waals surface area (Å²) in [6.07, 6.45) is 0. The third kappa shape index (κ3) is 4.56. The van der Waals surface area contributed by atoms with E-state index in [1.165, 1.54) is 59.4 Å². The number of benzene rings is 8. The number of fused-ring (bicyclic) bond motifs is 6.